The molecule has 1 aromatic carbocycles. The van der Waals surface area contributed by atoms with Gasteiger partial charge in [0.05, 0.1) is 23.1 Å². The van der Waals surface area contributed by atoms with Crippen LogP contribution in [-0.4, -0.2) is 28.7 Å². The van der Waals surface area contributed by atoms with Crippen molar-refractivity contribution in [3.63, 3.8) is 0 Å². The molecule has 2 aromatic heterocycles. The number of aromatic nitrogens is 2. The van der Waals surface area contributed by atoms with Crippen LogP contribution in [0.15, 0.2) is 52.1 Å². The maximum atomic E-state index is 12.6. The molecule has 0 atom stereocenters. The highest BCUT2D eigenvalue weighted by Crippen LogP contribution is 2.29. The minimum absolute atomic E-state index is 0.275. The molecule has 1 N–H and O–H groups in total. The number of amides is 1. The number of nitrogens with zero attached hydrogens (tertiary/aromatic N) is 2. The standard InChI is InChI=1S/C20H18F3N3O2S/c1-12-16(19(29-2)26-17(25-12)15-4-3-11-28-15)18(27)24-10-9-13-5-7-14(8-6-13)20(21,22)23/h3-8,11H,9-10H2,1-2H3,(H,24,27). The summed E-state index contributed by atoms with van der Waals surface area (Å²) in [7, 11) is 0. The normalized spacial score (nSPS) is 11.5. The summed E-state index contributed by atoms with van der Waals surface area (Å²) in [6, 6.07) is 8.36. The lowest BCUT2D eigenvalue weighted by Crippen LogP contribution is -2.27. The third kappa shape index (κ3) is 4.97. The number of rotatable bonds is 6. The summed E-state index contributed by atoms with van der Waals surface area (Å²) in [5, 5.41) is 3.31. The van der Waals surface area contributed by atoms with E-state index in [0.29, 0.717) is 39.9 Å². The van der Waals surface area contributed by atoms with E-state index in [1.807, 2.05) is 6.26 Å². The van der Waals surface area contributed by atoms with Gasteiger partial charge < -0.3 is 9.73 Å². The fraction of sp³-hybridized carbons (Fsp3) is 0.250. The number of thioether (sulfide) groups is 1. The van der Waals surface area contributed by atoms with Crippen molar-refractivity contribution in [3.05, 3.63) is 65.0 Å². The van der Waals surface area contributed by atoms with E-state index in [4.69, 9.17) is 4.42 Å². The number of alkyl halides is 3. The van der Waals surface area contributed by atoms with Gasteiger partial charge in [0.1, 0.15) is 5.03 Å². The summed E-state index contributed by atoms with van der Waals surface area (Å²) in [6.45, 7) is 2.00. The van der Waals surface area contributed by atoms with Crippen molar-refractivity contribution < 1.29 is 22.4 Å². The number of hydrogen-bond donors (Lipinski definition) is 1. The first-order valence-corrected chi connectivity index (χ1v) is 9.93. The topological polar surface area (TPSA) is 68.0 Å². The monoisotopic (exact) mass is 421 g/mol. The van der Waals surface area contributed by atoms with Crippen molar-refractivity contribution in [2.24, 2.45) is 0 Å². The highest BCUT2D eigenvalue weighted by atomic mass is 32.2. The summed E-state index contributed by atoms with van der Waals surface area (Å²) in [4.78, 5) is 21.4. The van der Waals surface area contributed by atoms with Gasteiger partial charge in [-0.05, 0) is 49.4 Å². The van der Waals surface area contributed by atoms with Crippen LogP contribution in [0.3, 0.4) is 0 Å². The predicted octanol–water partition coefficient (Wildman–Crippen LogP) is 4.76. The highest BCUT2D eigenvalue weighted by molar-refractivity contribution is 7.98. The Morgan fingerprint density at radius 3 is 2.48 bits per heavy atom. The van der Waals surface area contributed by atoms with Crippen LogP contribution in [0, 0.1) is 6.92 Å². The first-order valence-electron chi connectivity index (χ1n) is 8.70. The van der Waals surface area contributed by atoms with Gasteiger partial charge in [0.2, 0.25) is 0 Å². The van der Waals surface area contributed by atoms with Gasteiger partial charge in [-0.1, -0.05) is 12.1 Å². The van der Waals surface area contributed by atoms with Crippen LogP contribution in [-0.2, 0) is 12.6 Å². The van der Waals surface area contributed by atoms with Crippen molar-refractivity contribution in [2.45, 2.75) is 24.5 Å². The van der Waals surface area contributed by atoms with E-state index in [0.717, 1.165) is 12.1 Å². The van der Waals surface area contributed by atoms with Gasteiger partial charge >= 0.3 is 6.18 Å². The van der Waals surface area contributed by atoms with E-state index in [1.54, 1.807) is 19.1 Å². The minimum Gasteiger partial charge on any atom is -0.461 e. The van der Waals surface area contributed by atoms with Crippen LogP contribution in [0.5, 0.6) is 0 Å². The molecule has 0 bridgehead atoms. The molecule has 2 heterocycles. The molecule has 0 saturated carbocycles. The molecule has 3 rings (SSSR count). The van der Waals surface area contributed by atoms with Crippen LogP contribution < -0.4 is 5.32 Å². The molecule has 0 spiro atoms. The lowest BCUT2D eigenvalue weighted by atomic mass is 10.1. The summed E-state index contributed by atoms with van der Waals surface area (Å²) in [6.07, 6.45) is -0.621. The Balaban J connectivity index is 1.67. The second-order valence-corrected chi connectivity index (χ2v) is 6.99. The molecule has 0 radical (unpaired) electrons. The first kappa shape index (κ1) is 20.9. The molecule has 0 aliphatic heterocycles. The van der Waals surface area contributed by atoms with Crippen LogP contribution in [0.25, 0.3) is 11.6 Å². The Morgan fingerprint density at radius 2 is 1.90 bits per heavy atom. The molecule has 29 heavy (non-hydrogen) atoms. The predicted molar refractivity (Wildman–Crippen MR) is 104 cm³/mol. The number of aryl methyl sites for hydroxylation is 1. The van der Waals surface area contributed by atoms with E-state index in [1.165, 1.54) is 30.2 Å². The first-order chi connectivity index (χ1) is 13.8. The number of hydrogen-bond acceptors (Lipinski definition) is 5. The molecule has 0 saturated heterocycles. The van der Waals surface area contributed by atoms with Gasteiger partial charge in [0, 0.05) is 6.54 Å². The van der Waals surface area contributed by atoms with E-state index in [9.17, 15) is 18.0 Å². The SMILES string of the molecule is CSc1nc(-c2ccco2)nc(C)c1C(=O)NCCc1ccc(C(F)(F)F)cc1. The molecule has 0 aliphatic carbocycles. The third-order valence-electron chi connectivity index (χ3n) is 4.20. The average molecular weight is 421 g/mol. The Labute approximate surface area is 169 Å². The van der Waals surface area contributed by atoms with Gasteiger partial charge in [-0.25, -0.2) is 9.97 Å². The van der Waals surface area contributed by atoms with Crippen LogP contribution in [0.4, 0.5) is 13.2 Å². The molecule has 0 unspecified atom stereocenters. The minimum atomic E-state index is -4.36. The summed E-state index contributed by atoms with van der Waals surface area (Å²) >= 11 is 1.32. The lowest BCUT2D eigenvalue weighted by Gasteiger charge is -2.12. The lowest BCUT2D eigenvalue weighted by molar-refractivity contribution is -0.137. The van der Waals surface area contributed by atoms with Crippen molar-refractivity contribution in [1.82, 2.24) is 15.3 Å². The number of furan rings is 1. The van der Waals surface area contributed by atoms with Crippen molar-refractivity contribution >= 4 is 17.7 Å². The quantitative estimate of drug-likeness (QED) is 0.459. The zero-order valence-corrected chi connectivity index (χ0v) is 16.5. The fourth-order valence-corrected chi connectivity index (χ4v) is 3.36. The molecule has 1 amide bonds. The van der Waals surface area contributed by atoms with Gasteiger partial charge in [-0.2, -0.15) is 13.2 Å². The number of nitrogens with one attached hydrogen (secondary N) is 1. The van der Waals surface area contributed by atoms with Crippen LogP contribution in [0.2, 0.25) is 0 Å². The van der Waals surface area contributed by atoms with Crippen LogP contribution in [0.1, 0.15) is 27.2 Å². The van der Waals surface area contributed by atoms with E-state index in [2.05, 4.69) is 15.3 Å². The van der Waals surface area contributed by atoms with Gasteiger partial charge in [0.25, 0.3) is 5.91 Å². The Morgan fingerprint density at radius 1 is 1.17 bits per heavy atom. The molecule has 3 aromatic rings. The molecular weight excluding hydrogens is 403 g/mol. The van der Waals surface area contributed by atoms with E-state index in [-0.39, 0.29) is 12.5 Å². The second kappa shape index (κ2) is 8.69. The molecule has 9 heteroatoms. The number of halogens is 3. The average Bonchev–Trinajstić information content (AvgIpc) is 3.21. The Kier molecular flexibility index (Phi) is 6.26. The Bertz CT molecular complexity index is 987. The molecule has 152 valence electrons. The van der Waals surface area contributed by atoms with Gasteiger partial charge in [-0.15, -0.1) is 11.8 Å². The van der Waals surface area contributed by atoms with Gasteiger partial charge in [0.15, 0.2) is 11.6 Å². The Hall–Kier alpha value is -2.81. The summed E-state index contributed by atoms with van der Waals surface area (Å²) in [5.74, 6) is 0.584. The van der Waals surface area contributed by atoms with Crippen LogP contribution >= 0.6 is 11.8 Å². The maximum absolute atomic E-state index is 12.6. The second-order valence-electron chi connectivity index (χ2n) is 6.19. The third-order valence-corrected chi connectivity index (χ3v) is 4.88. The smallest absolute Gasteiger partial charge is 0.416 e. The number of carbonyl (C=O) groups is 1. The molecule has 0 fully saturated rings. The van der Waals surface area contributed by atoms with Crippen molar-refractivity contribution in [3.8, 4) is 11.6 Å². The van der Waals surface area contributed by atoms with E-state index < -0.39 is 11.7 Å². The largest absolute Gasteiger partial charge is 0.461 e. The zero-order chi connectivity index (χ0) is 21.0. The number of carbonyl (C=O) groups excluding carboxylic acids is 1. The number of benzene rings is 1. The van der Waals surface area contributed by atoms with Crippen molar-refractivity contribution in [1.29, 1.82) is 0 Å². The molecule has 0 aliphatic rings. The zero-order valence-electron chi connectivity index (χ0n) is 15.7. The fourth-order valence-electron chi connectivity index (χ4n) is 2.74. The van der Waals surface area contributed by atoms with Gasteiger partial charge in [-0.3, -0.25) is 4.79 Å². The summed E-state index contributed by atoms with van der Waals surface area (Å²) < 4.78 is 43.2. The van der Waals surface area contributed by atoms with E-state index >= 15 is 0 Å². The summed E-state index contributed by atoms with van der Waals surface area (Å²) in [5.41, 5.74) is 0.895. The maximum Gasteiger partial charge on any atom is 0.416 e. The highest BCUT2D eigenvalue weighted by Gasteiger charge is 2.29. The molecular formula is C20H18F3N3O2S. The van der Waals surface area contributed by atoms with Crippen molar-refractivity contribution in [2.75, 3.05) is 12.8 Å². The molecule has 5 nitrogen and oxygen atoms in total.